The number of nitrogens with two attached hydrogens (primary N) is 2. The lowest BCUT2D eigenvalue weighted by atomic mass is 9.88. The number of aromatic nitrogens is 1. The zero-order chi connectivity index (χ0) is 38.7. The van der Waals surface area contributed by atoms with Gasteiger partial charge in [-0.15, -0.1) is 15.6 Å². The lowest BCUT2D eigenvalue weighted by Crippen LogP contribution is -2.58. The first kappa shape index (κ1) is 42.4. The lowest BCUT2D eigenvalue weighted by molar-refractivity contribution is -0.178. The van der Waals surface area contributed by atoms with Crippen molar-refractivity contribution in [2.24, 2.45) is 15.9 Å². The number of nitrogens with zero attached hydrogens (tertiary/aromatic N) is 4. The van der Waals surface area contributed by atoms with Crippen LogP contribution in [0.1, 0.15) is 70.2 Å². The average molecular weight is 769 g/mol. The third kappa shape index (κ3) is 10.5. The quantitative estimate of drug-likeness (QED) is 0.0383. The number of anilines is 1. The van der Waals surface area contributed by atoms with Crippen molar-refractivity contribution in [1.29, 1.82) is 0 Å². The largest absolute Gasteiger partial charge is 0.485 e. The monoisotopic (exact) mass is 768 g/mol. The Hall–Kier alpha value is -4.05. The Bertz CT molecular complexity index is 1620. The Morgan fingerprint density at radius 3 is 2.63 bits per heavy atom. The van der Waals surface area contributed by atoms with Gasteiger partial charge in [-0.2, -0.15) is 9.27 Å². The molecule has 1 aromatic heterocycles. The summed E-state index contributed by atoms with van der Waals surface area (Å²) in [5.74, 6) is -1.81. The number of benzene rings is 1. The van der Waals surface area contributed by atoms with Gasteiger partial charge in [0.1, 0.15) is 11.4 Å². The number of aliphatic carboxylic acids is 1. The van der Waals surface area contributed by atoms with E-state index in [9.17, 15) is 28.8 Å². The molecule has 9 N–H and O–H groups in total. The van der Waals surface area contributed by atoms with Crippen LogP contribution in [0.5, 0.6) is 5.75 Å². The van der Waals surface area contributed by atoms with Gasteiger partial charge in [-0.25, -0.2) is 9.78 Å². The predicted molar refractivity (Wildman–Crippen MR) is 195 cm³/mol. The number of amides is 2. The molecule has 1 aromatic carbocycles. The Morgan fingerprint density at radius 1 is 1.33 bits per heavy atom. The molecule has 5 unspecified atom stereocenters. The van der Waals surface area contributed by atoms with Crippen molar-refractivity contribution in [3.63, 3.8) is 0 Å². The molecular weight excluding hydrogens is 721 g/mol. The molecule has 0 saturated heterocycles. The summed E-state index contributed by atoms with van der Waals surface area (Å²) in [6, 6.07) is 4.65. The highest BCUT2D eigenvalue weighted by molar-refractivity contribution is 7.74. The van der Waals surface area contributed by atoms with Crippen LogP contribution in [0.4, 0.5) is 5.13 Å². The summed E-state index contributed by atoms with van der Waals surface area (Å²) in [5, 5.41) is 32.3. The molecule has 1 aliphatic heterocycles. The third-order valence-electron chi connectivity index (χ3n) is 9.16. The normalized spacial score (nSPS) is 18.1. The van der Waals surface area contributed by atoms with Gasteiger partial charge in [0.25, 0.3) is 11.5 Å². The van der Waals surface area contributed by atoms with Crippen molar-refractivity contribution < 1.29 is 47.2 Å². The highest BCUT2D eigenvalue weighted by atomic mass is 32.2. The van der Waals surface area contributed by atoms with Gasteiger partial charge < -0.3 is 41.9 Å². The van der Waals surface area contributed by atoms with E-state index in [2.05, 4.69) is 36.8 Å². The van der Waals surface area contributed by atoms with Crippen LogP contribution in [0.3, 0.4) is 0 Å². The summed E-state index contributed by atoms with van der Waals surface area (Å²) in [5.41, 5.74) is 9.04. The molecule has 0 saturated carbocycles. The van der Waals surface area contributed by atoms with Crippen LogP contribution >= 0.6 is 11.3 Å². The van der Waals surface area contributed by atoms with Crippen LogP contribution in [-0.2, 0) is 47.8 Å². The number of aryl methyl sites for hydroxylation is 1. The highest BCUT2D eigenvalue weighted by Crippen LogP contribution is 2.35. The molecule has 2 amide bonds. The molecule has 0 radical (unpaired) electrons. The van der Waals surface area contributed by atoms with Crippen LogP contribution in [-0.4, -0.2) is 108 Å². The van der Waals surface area contributed by atoms with Gasteiger partial charge in [-0.1, -0.05) is 17.3 Å². The Kier molecular flexibility index (Phi) is 15.2. The molecule has 5 atom stereocenters. The second-order valence-electron chi connectivity index (χ2n) is 13.1. The van der Waals surface area contributed by atoms with Crippen molar-refractivity contribution in [2.45, 2.75) is 95.2 Å². The summed E-state index contributed by atoms with van der Waals surface area (Å²) in [6.07, 6.45) is 1.79. The second kappa shape index (κ2) is 18.6. The van der Waals surface area contributed by atoms with Crippen molar-refractivity contribution in [3.05, 3.63) is 40.4 Å². The van der Waals surface area contributed by atoms with E-state index in [1.165, 1.54) is 33.1 Å². The first-order valence-corrected chi connectivity index (χ1v) is 18.3. The first-order valence-electron chi connectivity index (χ1n) is 16.4. The summed E-state index contributed by atoms with van der Waals surface area (Å²) in [6.45, 7) is 10.7. The highest BCUT2D eigenvalue weighted by Gasteiger charge is 2.48. The molecule has 18 nitrogen and oxygen atoms in total. The maximum atomic E-state index is 13.6. The number of nitrogens with one attached hydrogen (secondary N) is 2. The zero-order valence-electron chi connectivity index (χ0n) is 29.6. The molecule has 0 bridgehead atoms. The summed E-state index contributed by atoms with van der Waals surface area (Å²) in [4.78, 5) is 51.7. The maximum Gasteiger partial charge on any atom is 0.354 e. The van der Waals surface area contributed by atoms with Gasteiger partial charge in [0.2, 0.25) is 6.41 Å². The van der Waals surface area contributed by atoms with Crippen molar-refractivity contribution in [3.8, 4) is 5.75 Å². The molecule has 0 fully saturated rings. The van der Waals surface area contributed by atoms with Crippen LogP contribution in [0.15, 0.2) is 33.7 Å². The lowest BCUT2D eigenvalue weighted by Gasteiger charge is -2.38. The number of carboxylic acids is 1. The van der Waals surface area contributed by atoms with Crippen molar-refractivity contribution >= 4 is 58.5 Å². The molecule has 2 aromatic rings. The van der Waals surface area contributed by atoms with Crippen LogP contribution in [0, 0.1) is 0 Å². The number of aliphatic hydroxyl groups is 1. The van der Waals surface area contributed by atoms with E-state index < -0.39 is 57.8 Å². The van der Waals surface area contributed by atoms with Gasteiger partial charge in [-0.05, 0) is 90.3 Å². The zero-order valence-corrected chi connectivity index (χ0v) is 31.2. The SMILES string of the molecule is C=NCC(CCO)(CCCN)NCc1ccc2c(c1)CCC(C(C)(O/N=C(\C(=O)NC(C)C(C)(C)N(C=O)OS(=O)O)c1csc(N)n1)C(=O)O)O2. The van der Waals surface area contributed by atoms with E-state index in [4.69, 9.17) is 25.6 Å². The van der Waals surface area contributed by atoms with Gasteiger partial charge in [0.15, 0.2) is 16.9 Å². The summed E-state index contributed by atoms with van der Waals surface area (Å²) >= 11 is -1.81. The number of hydroxylamine groups is 2. The first-order chi connectivity index (χ1) is 24.5. The van der Waals surface area contributed by atoms with Crippen molar-refractivity contribution in [2.75, 3.05) is 25.4 Å². The number of carboxylic acid groups (broad SMARTS) is 1. The minimum absolute atomic E-state index is 0.0105. The fourth-order valence-corrected chi connectivity index (χ4v) is 6.45. The van der Waals surface area contributed by atoms with E-state index in [-0.39, 0.29) is 30.3 Å². The molecule has 3 rings (SSSR count). The van der Waals surface area contributed by atoms with Crippen LogP contribution < -0.4 is 26.8 Å². The van der Waals surface area contributed by atoms with E-state index in [0.29, 0.717) is 49.7 Å². The van der Waals surface area contributed by atoms with E-state index in [0.717, 1.165) is 28.9 Å². The number of thiazole rings is 1. The number of aliphatic hydroxyl groups excluding tert-OH is 1. The standard InChI is InChI=1S/C32H48N8O10S2/c1-20(30(2,3)40(19-42)50-52(46)47)37-27(43)26(23-17-51-29(34)38-23)39-49-31(4,28(44)45)25-10-8-22-15-21(7-9-24(22)48-25)16-36-32(12-14-41,18-35-5)11-6-13-33/h7,9,15,17,19-20,25,36,41H,5-6,8,10-14,16,18,33H2,1-4H3,(H2,34,38)(H,37,43)(H,44,45)(H,46,47)/b39-26-. The second-order valence-corrected chi connectivity index (χ2v) is 14.5. The summed E-state index contributed by atoms with van der Waals surface area (Å²) in [7, 11) is 0. The third-order valence-corrected chi connectivity index (χ3v) is 10.1. The molecular formula is C32H48N8O10S2. The minimum atomic E-state index is -2.82. The predicted octanol–water partition coefficient (Wildman–Crippen LogP) is 1.14. The molecule has 0 spiro atoms. The van der Waals surface area contributed by atoms with Gasteiger partial charge >= 0.3 is 17.3 Å². The van der Waals surface area contributed by atoms with Gasteiger partial charge in [0, 0.05) is 24.1 Å². The maximum absolute atomic E-state index is 13.6. The molecule has 288 valence electrons. The number of hydrogen-bond donors (Lipinski definition) is 7. The van der Waals surface area contributed by atoms with Gasteiger partial charge in [0.05, 0.1) is 18.1 Å². The molecule has 20 heteroatoms. The number of ether oxygens (including phenoxy) is 1. The fourth-order valence-electron chi connectivity index (χ4n) is 5.54. The molecule has 1 aliphatic rings. The number of fused-ring (bicyclic) bond motifs is 1. The Morgan fingerprint density at radius 2 is 2.06 bits per heavy atom. The number of aliphatic imine (C=N–C) groups is 1. The molecule has 0 aliphatic carbocycles. The van der Waals surface area contributed by atoms with Crippen molar-refractivity contribution in [1.82, 2.24) is 20.7 Å². The number of hydrogen-bond acceptors (Lipinski definition) is 15. The topological polar surface area (TPSA) is 274 Å². The smallest absolute Gasteiger partial charge is 0.354 e. The van der Waals surface area contributed by atoms with Crippen LogP contribution in [0.2, 0.25) is 0 Å². The minimum Gasteiger partial charge on any atom is -0.485 e. The van der Waals surface area contributed by atoms with E-state index in [1.807, 2.05) is 12.1 Å². The van der Waals surface area contributed by atoms with E-state index in [1.54, 1.807) is 6.07 Å². The number of oxime groups is 1. The fraction of sp³-hybridized carbons (Fsp3) is 0.562. The van der Waals surface area contributed by atoms with Gasteiger partial charge in [-0.3, -0.25) is 19.1 Å². The number of rotatable bonds is 22. The number of carbonyl (C=O) groups is 3. The average Bonchev–Trinajstić information content (AvgIpc) is 3.53. The Labute approximate surface area is 308 Å². The van der Waals surface area contributed by atoms with Crippen LogP contribution in [0.25, 0.3) is 0 Å². The number of nitrogen functional groups attached to an aromatic ring is 1. The molecule has 2 heterocycles. The molecule has 52 heavy (non-hydrogen) atoms. The number of carbonyl (C=O) groups excluding carboxylic acids is 2. The Balaban J connectivity index is 1.84. The van der Waals surface area contributed by atoms with E-state index >= 15 is 0 Å². The summed E-state index contributed by atoms with van der Waals surface area (Å²) < 4.78 is 31.1.